The third-order valence-electron chi connectivity index (χ3n) is 4.50. The molecule has 1 aromatic rings. The number of nitrogens with zero attached hydrogens (tertiary/aromatic N) is 2. The van der Waals surface area contributed by atoms with Crippen molar-refractivity contribution >= 4 is 0 Å². The van der Waals surface area contributed by atoms with Crippen LogP contribution in [0.15, 0.2) is 16.5 Å². The number of piperidine rings is 1. The van der Waals surface area contributed by atoms with Gasteiger partial charge in [0.1, 0.15) is 11.5 Å². The zero-order valence-corrected chi connectivity index (χ0v) is 13.1. The van der Waals surface area contributed by atoms with Crippen LogP contribution in [-0.2, 0) is 6.42 Å². The van der Waals surface area contributed by atoms with E-state index in [2.05, 4.69) is 43.0 Å². The van der Waals surface area contributed by atoms with Gasteiger partial charge < -0.3 is 15.1 Å². The fourth-order valence-corrected chi connectivity index (χ4v) is 3.06. The Labute approximate surface area is 122 Å². The molecule has 0 aliphatic carbocycles. The quantitative estimate of drug-likeness (QED) is 0.866. The predicted octanol–water partition coefficient (Wildman–Crippen LogP) is 2.12. The maximum Gasteiger partial charge on any atom is 0.122 e. The Morgan fingerprint density at radius 1 is 1.40 bits per heavy atom. The van der Waals surface area contributed by atoms with Gasteiger partial charge in [-0.05, 0) is 58.1 Å². The molecule has 1 atom stereocenters. The summed E-state index contributed by atoms with van der Waals surface area (Å²) in [7, 11) is 4.38. The number of nitrogens with two attached hydrogens (primary N) is 1. The van der Waals surface area contributed by atoms with Gasteiger partial charge >= 0.3 is 0 Å². The summed E-state index contributed by atoms with van der Waals surface area (Å²) in [5.41, 5.74) is 5.97. The van der Waals surface area contributed by atoms with Gasteiger partial charge in [-0.25, -0.2) is 0 Å². The summed E-state index contributed by atoms with van der Waals surface area (Å²) in [4.78, 5) is 4.78. The molecule has 4 nitrogen and oxygen atoms in total. The molecule has 1 fully saturated rings. The maximum absolute atomic E-state index is 5.97. The Hall–Kier alpha value is -0.840. The third-order valence-corrected chi connectivity index (χ3v) is 4.50. The van der Waals surface area contributed by atoms with Gasteiger partial charge in [-0.2, -0.15) is 0 Å². The lowest BCUT2D eigenvalue weighted by molar-refractivity contribution is 0.141. The number of likely N-dealkylation sites (N-methyl/N-ethyl adjacent to an activating group) is 1. The predicted molar refractivity (Wildman–Crippen MR) is 82.7 cm³/mol. The first-order valence-corrected chi connectivity index (χ1v) is 7.81. The molecule has 114 valence electrons. The van der Waals surface area contributed by atoms with Crippen molar-refractivity contribution in [1.29, 1.82) is 0 Å². The first-order valence-electron chi connectivity index (χ1n) is 7.81. The Morgan fingerprint density at radius 3 is 2.65 bits per heavy atom. The van der Waals surface area contributed by atoms with E-state index >= 15 is 0 Å². The highest BCUT2D eigenvalue weighted by atomic mass is 16.3. The number of furan rings is 1. The van der Waals surface area contributed by atoms with Gasteiger partial charge in [0, 0.05) is 19.5 Å². The van der Waals surface area contributed by atoms with Crippen molar-refractivity contribution in [2.24, 2.45) is 11.7 Å². The lowest BCUT2D eigenvalue weighted by Crippen LogP contribution is -2.38. The first kappa shape index (κ1) is 15.5. The molecule has 2 N–H and O–H groups in total. The SMILES string of the molecule is CCc1ccc(C(CN)N(C)CC2CCN(C)CC2)o1. The van der Waals surface area contributed by atoms with E-state index in [4.69, 9.17) is 10.2 Å². The van der Waals surface area contributed by atoms with Crippen molar-refractivity contribution in [3.05, 3.63) is 23.7 Å². The molecule has 1 aliphatic heterocycles. The van der Waals surface area contributed by atoms with Crippen LogP contribution in [0.1, 0.15) is 37.3 Å². The van der Waals surface area contributed by atoms with E-state index in [0.29, 0.717) is 6.54 Å². The molecule has 1 aliphatic rings. The van der Waals surface area contributed by atoms with Crippen molar-refractivity contribution < 1.29 is 4.42 Å². The second-order valence-electron chi connectivity index (χ2n) is 6.10. The minimum atomic E-state index is 0.204. The summed E-state index contributed by atoms with van der Waals surface area (Å²) >= 11 is 0. The van der Waals surface area contributed by atoms with Crippen LogP contribution in [0.5, 0.6) is 0 Å². The summed E-state index contributed by atoms with van der Waals surface area (Å²) in [5, 5.41) is 0. The lowest BCUT2D eigenvalue weighted by atomic mass is 9.96. The molecule has 4 heteroatoms. The van der Waals surface area contributed by atoms with E-state index in [-0.39, 0.29) is 6.04 Å². The molecule has 0 aromatic carbocycles. The molecular weight excluding hydrogens is 250 g/mol. The molecule has 1 unspecified atom stereocenters. The van der Waals surface area contributed by atoms with Crippen LogP contribution in [0.4, 0.5) is 0 Å². The summed E-state index contributed by atoms with van der Waals surface area (Å²) in [5.74, 6) is 2.84. The Kier molecular flexibility index (Phi) is 5.64. The van der Waals surface area contributed by atoms with Crippen LogP contribution < -0.4 is 5.73 Å². The van der Waals surface area contributed by atoms with Gasteiger partial charge in [0.15, 0.2) is 0 Å². The van der Waals surface area contributed by atoms with Crippen LogP contribution in [0, 0.1) is 5.92 Å². The first-order chi connectivity index (χ1) is 9.63. The average Bonchev–Trinajstić information content (AvgIpc) is 2.91. The molecule has 0 saturated carbocycles. The molecule has 2 rings (SSSR count). The number of hydrogen-bond acceptors (Lipinski definition) is 4. The Balaban J connectivity index is 1.93. The lowest BCUT2D eigenvalue weighted by Gasteiger charge is -2.34. The molecule has 0 radical (unpaired) electrons. The molecule has 0 bridgehead atoms. The number of hydrogen-bond donors (Lipinski definition) is 1. The van der Waals surface area contributed by atoms with E-state index in [1.165, 1.54) is 25.9 Å². The van der Waals surface area contributed by atoms with Gasteiger partial charge in [0.25, 0.3) is 0 Å². The normalized spacial score (nSPS) is 19.6. The molecule has 0 amide bonds. The molecule has 1 aromatic heterocycles. The average molecular weight is 279 g/mol. The highest BCUT2D eigenvalue weighted by Crippen LogP contribution is 2.24. The fourth-order valence-electron chi connectivity index (χ4n) is 3.06. The largest absolute Gasteiger partial charge is 0.464 e. The van der Waals surface area contributed by atoms with E-state index in [0.717, 1.165) is 30.4 Å². The van der Waals surface area contributed by atoms with E-state index in [9.17, 15) is 0 Å². The zero-order chi connectivity index (χ0) is 14.5. The smallest absolute Gasteiger partial charge is 0.122 e. The number of rotatable bonds is 6. The minimum absolute atomic E-state index is 0.204. The van der Waals surface area contributed by atoms with Crippen LogP contribution in [0.25, 0.3) is 0 Å². The third kappa shape index (κ3) is 3.84. The van der Waals surface area contributed by atoms with Crippen LogP contribution in [0.3, 0.4) is 0 Å². The monoisotopic (exact) mass is 279 g/mol. The Bertz CT molecular complexity index is 396. The van der Waals surface area contributed by atoms with Crippen molar-refractivity contribution in [3.63, 3.8) is 0 Å². The summed E-state index contributed by atoms with van der Waals surface area (Å²) in [6.45, 7) is 6.26. The van der Waals surface area contributed by atoms with Crippen molar-refractivity contribution in [1.82, 2.24) is 9.80 Å². The van der Waals surface area contributed by atoms with E-state index < -0.39 is 0 Å². The molecule has 0 spiro atoms. The highest BCUT2D eigenvalue weighted by Gasteiger charge is 2.24. The second kappa shape index (κ2) is 7.25. The van der Waals surface area contributed by atoms with Gasteiger partial charge in [0.2, 0.25) is 0 Å². The molecular formula is C16H29N3O. The van der Waals surface area contributed by atoms with Gasteiger partial charge in [-0.15, -0.1) is 0 Å². The number of aryl methyl sites for hydroxylation is 1. The van der Waals surface area contributed by atoms with Gasteiger partial charge in [-0.1, -0.05) is 6.92 Å². The standard InChI is InChI=1S/C16H29N3O/c1-4-14-5-6-16(20-14)15(11-17)19(3)12-13-7-9-18(2)10-8-13/h5-6,13,15H,4,7-12,17H2,1-3H3. The minimum Gasteiger partial charge on any atom is -0.464 e. The second-order valence-corrected chi connectivity index (χ2v) is 6.10. The van der Waals surface area contributed by atoms with Crippen LogP contribution in [0.2, 0.25) is 0 Å². The van der Waals surface area contributed by atoms with Gasteiger partial charge in [0.05, 0.1) is 6.04 Å². The molecule has 2 heterocycles. The van der Waals surface area contributed by atoms with Crippen molar-refractivity contribution in [2.45, 2.75) is 32.2 Å². The maximum atomic E-state index is 5.97. The Morgan fingerprint density at radius 2 is 2.10 bits per heavy atom. The van der Waals surface area contributed by atoms with Crippen LogP contribution in [-0.4, -0.2) is 50.1 Å². The topological polar surface area (TPSA) is 45.6 Å². The fraction of sp³-hybridized carbons (Fsp3) is 0.750. The van der Waals surface area contributed by atoms with E-state index in [1.807, 2.05) is 0 Å². The number of likely N-dealkylation sites (tertiary alicyclic amines) is 1. The zero-order valence-electron chi connectivity index (χ0n) is 13.1. The summed E-state index contributed by atoms with van der Waals surface area (Å²) < 4.78 is 5.88. The molecule has 20 heavy (non-hydrogen) atoms. The van der Waals surface area contributed by atoms with Crippen LogP contribution >= 0.6 is 0 Å². The summed E-state index contributed by atoms with van der Waals surface area (Å²) in [6.07, 6.45) is 3.52. The van der Waals surface area contributed by atoms with Crippen molar-refractivity contribution in [2.75, 3.05) is 40.3 Å². The van der Waals surface area contributed by atoms with Gasteiger partial charge in [-0.3, -0.25) is 4.90 Å². The summed E-state index contributed by atoms with van der Waals surface area (Å²) in [6, 6.07) is 4.36. The van der Waals surface area contributed by atoms with E-state index in [1.54, 1.807) is 0 Å². The molecule has 1 saturated heterocycles. The van der Waals surface area contributed by atoms with Crippen molar-refractivity contribution in [3.8, 4) is 0 Å². The highest BCUT2D eigenvalue weighted by molar-refractivity contribution is 5.11.